The van der Waals surface area contributed by atoms with E-state index in [0.717, 1.165) is 42.6 Å². The first-order chi connectivity index (χ1) is 17.6. The van der Waals surface area contributed by atoms with Gasteiger partial charge in [-0.15, -0.1) is 0 Å². The van der Waals surface area contributed by atoms with Crippen LogP contribution in [0.2, 0.25) is 18.1 Å². The molecule has 0 amide bonds. The van der Waals surface area contributed by atoms with Gasteiger partial charge in [-0.1, -0.05) is 69.3 Å². The van der Waals surface area contributed by atoms with Gasteiger partial charge in [-0.2, -0.15) is 0 Å². The normalized spacial score (nSPS) is 19.1. The van der Waals surface area contributed by atoms with Crippen molar-refractivity contribution < 1.29 is 23.7 Å². The number of hydrogen-bond acceptors (Lipinski definition) is 5. The van der Waals surface area contributed by atoms with Crippen LogP contribution in [0.5, 0.6) is 5.75 Å². The van der Waals surface area contributed by atoms with Crippen molar-refractivity contribution in [1.82, 2.24) is 0 Å². The van der Waals surface area contributed by atoms with E-state index in [4.69, 9.17) is 18.6 Å². The molecule has 2 aromatic rings. The van der Waals surface area contributed by atoms with Gasteiger partial charge >= 0.3 is 0 Å². The first-order valence-corrected chi connectivity index (χ1v) is 16.4. The lowest BCUT2D eigenvalue weighted by Crippen LogP contribution is -2.44. The molecule has 0 fully saturated rings. The number of rotatable bonds is 14. The van der Waals surface area contributed by atoms with Crippen molar-refractivity contribution in [3.63, 3.8) is 0 Å². The van der Waals surface area contributed by atoms with Gasteiger partial charge in [0.1, 0.15) is 12.5 Å². The summed E-state index contributed by atoms with van der Waals surface area (Å²) >= 11 is 0. The second kappa shape index (κ2) is 13.7. The summed E-state index contributed by atoms with van der Waals surface area (Å²) < 4.78 is 23.9. The largest absolute Gasteiger partial charge is 0.497 e. The number of ether oxygens (including phenoxy) is 3. The summed E-state index contributed by atoms with van der Waals surface area (Å²) in [5.74, 6) is 0.828. The number of aliphatic hydroxyl groups excluding tert-OH is 1. The predicted molar refractivity (Wildman–Crippen MR) is 152 cm³/mol. The molecule has 0 spiro atoms. The number of hydrogen-bond donors (Lipinski definition) is 1. The molecule has 6 heteroatoms. The Labute approximate surface area is 224 Å². The summed E-state index contributed by atoms with van der Waals surface area (Å²) in [5.41, 5.74) is 3.57. The molecule has 0 heterocycles. The molecule has 3 rings (SSSR count). The Morgan fingerprint density at radius 1 is 0.946 bits per heavy atom. The first-order valence-electron chi connectivity index (χ1n) is 13.5. The minimum absolute atomic E-state index is 0.117. The lowest BCUT2D eigenvalue weighted by atomic mass is 10.00. The van der Waals surface area contributed by atoms with E-state index in [-0.39, 0.29) is 24.0 Å². The molecular formula is C31H46O5Si. The maximum atomic E-state index is 10.3. The van der Waals surface area contributed by atoms with E-state index in [9.17, 15) is 5.11 Å². The summed E-state index contributed by atoms with van der Waals surface area (Å²) in [6.07, 6.45) is 5.90. The van der Waals surface area contributed by atoms with Gasteiger partial charge in [0.2, 0.25) is 0 Å². The summed E-state index contributed by atoms with van der Waals surface area (Å²) in [7, 11) is -0.247. The molecule has 5 nitrogen and oxygen atoms in total. The van der Waals surface area contributed by atoms with E-state index in [1.54, 1.807) is 7.11 Å². The topological polar surface area (TPSA) is 57.2 Å². The molecule has 0 bridgehead atoms. The summed E-state index contributed by atoms with van der Waals surface area (Å²) in [6, 6.07) is 18.5. The molecule has 0 unspecified atom stereocenters. The smallest absolute Gasteiger partial charge is 0.192 e. The minimum Gasteiger partial charge on any atom is -0.497 e. The third-order valence-electron chi connectivity index (χ3n) is 7.68. The van der Waals surface area contributed by atoms with Gasteiger partial charge in [0.15, 0.2) is 8.32 Å². The van der Waals surface area contributed by atoms with Crippen molar-refractivity contribution in [3.8, 4) is 5.75 Å². The van der Waals surface area contributed by atoms with Crippen LogP contribution in [0.4, 0.5) is 0 Å². The highest BCUT2D eigenvalue weighted by Crippen LogP contribution is 2.39. The van der Waals surface area contributed by atoms with Gasteiger partial charge in [-0.3, -0.25) is 0 Å². The minimum atomic E-state index is -1.91. The fourth-order valence-corrected chi connectivity index (χ4v) is 5.80. The van der Waals surface area contributed by atoms with Crippen molar-refractivity contribution >= 4 is 8.32 Å². The van der Waals surface area contributed by atoms with Crippen molar-refractivity contribution in [2.24, 2.45) is 0 Å². The summed E-state index contributed by atoms with van der Waals surface area (Å²) in [4.78, 5) is 0. The third kappa shape index (κ3) is 9.38. The SMILES string of the molecule is COc1ccc(COCO[C@H]2C[C@H](O)C=C2CC[C@@H](CCc2ccccc2)O[Si](C)(C)C(C)(C)C)cc1. The van der Waals surface area contributed by atoms with E-state index < -0.39 is 14.4 Å². The van der Waals surface area contributed by atoms with Gasteiger partial charge in [-0.05, 0) is 72.6 Å². The molecule has 0 saturated heterocycles. The number of benzene rings is 2. The van der Waals surface area contributed by atoms with Gasteiger partial charge in [-0.25, -0.2) is 0 Å². The fraction of sp³-hybridized carbons (Fsp3) is 0.548. The van der Waals surface area contributed by atoms with E-state index in [1.807, 2.05) is 30.3 Å². The highest BCUT2D eigenvalue weighted by atomic mass is 28.4. The Kier molecular flexibility index (Phi) is 11.0. The van der Waals surface area contributed by atoms with Crippen LogP contribution in [0.25, 0.3) is 0 Å². The standard InChI is InChI=1S/C31H46O5Si/c1-31(2,3)37(5,6)36-29(18-12-24-10-8-7-9-11-24)19-15-26-20-27(32)21-30(26)35-23-34-22-25-13-16-28(33-4)17-14-25/h7-11,13-14,16-17,20,27,29-30,32H,12,15,18-19,21-23H2,1-6H3/t27-,29-,30+/m1/s1. The highest BCUT2D eigenvalue weighted by Gasteiger charge is 2.39. The number of methoxy groups -OCH3 is 1. The zero-order valence-corrected chi connectivity index (χ0v) is 24.5. The molecule has 3 atom stereocenters. The van der Waals surface area contributed by atoms with Crippen LogP contribution >= 0.6 is 0 Å². The van der Waals surface area contributed by atoms with Gasteiger partial charge in [0.25, 0.3) is 0 Å². The molecule has 1 aliphatic rings. The predicted octanol–water partition coefficient (Wildman–Crippen LogP) is 7.05. The van der Waals surface area contributed by atoms with E-state index in [2.05, 4.69) is 64.2 Å². The van der Waals surface area contributed by atoms with E-state index in [1.165, 1.54) is 5.56 Å². The van der Waals surface area contributed by atoms with Crippen molar-refractivity contribution in [2.45, 2.75) is 95.9 Å². The number of aryl methyl sites for hydroxylation is 1. The van der Waals surface area contributed by atoms with Gasteiger partial charge in [0, 0.05) is 12.5 Å². The van der Waals surface area contributed by atoms with Crippen LogP contribution in [-0.2, 0) is 26.9 Å². The van der Waals surface area contributed by atoms with Crippen molar-refractivity contribution in [3.05, 3.63) is 77.4 Å². The molecule has 0 aliphatic heterocycles. The highest BCUT2D eigenvalue weighted by molar-refractivity contribution is 6.74. The van der Waals surface area contributed by atoms with Gasteiger partial charge in [0.05, 0.1) is 25.9 Å². The molecule has 37 heavy (non-hydrogen) atoms. The van der Waals surface area contributed by atoms with E-state index >= 15 is 0 Å². The Bertz CT molecular complexity index is 965. The van der Waals surface area contributed by atoms with Crippen LogP contribution < -0.4 is 4.74 Å². The lowest BCUT2D eigenvalue weighted by molar-refractivity contribution is -0.0892. The maximum absolute atomic E-state index is 10.3. The van der Waals surface area contributed by atoms with Crippen LogP contribution in [0.3, 0.4) is 0 Å². The fourth-order valence-electron chi connectivity index (χ4n) is 4.38. The van der Waals surface area contributed by atoms with Crippen LogP contribution in [0.15, 0.2) is 66.2 Å². The zero-order valence-electron chi connectivity index (χ0n) is 23.5. The second-order valence-electron chi connectivity index (χ2n) is 11.6. The molecule has 0 saturated carbocycles. The average Bonchev–Trinajstić information content (AvgIpc) is 3.22. The van der Waals surface area contributed by atoms with E-state index in [0.29, 0.717) is 13.0 Å². The second-order valence-corrected chi connectivity index (χ2v) is 16.3. The monoisotopic (exact) mass is 526 g/mol. The lowest BCUT2D eigenvalue weighted by Gasteiger charge is -2.39. The zero-order chi connectivity index (χ0) is 26.9. The summed E-state index contributed by atoms with van der Waals surface area (Å²) in [6.45, 7) is 12.2. The van der Waals surface area contributed by atoms with Crippen LogP contribution in [-0.4, -0.2) is 45.6 Å². The molecule has 204 valence electrons. The van der Waals surface area contributed by atoms with Crippen molar-refractivity contribution in [2.75, 3.05) is 13.9 Å². The molecule has 0 aromatic heterocycles. The molecule has 1 N–H and O–H groups in total. The third-order valence-corrected chi connectivity index (χ3v) is 12.2. The molecule has 0 radical (unpaired) electrons. The Morgan fingerprint density at radius 3 is 2.27 bits per heavy atom. The molecule has 1 aliphatic carbocycles. The Balaban J connectivity index is 1.53. The van der Waals surface area contributed by atoms with Crippen LogP contribution in [0.1, 0.15) is 57.6 Å². The first kappa shape index (κ1) is 29.6. The average molecular weight is 527 g/mol. The quantitative estimate of drug-likeness (QED) is 0.124. The van der Waals surface area contributed by atoms with Gasteiger partial charge < -0.3 is 23.7 Å². The van der Waals surface area contributed by atoms with Crippen molar-refractivity contribution in [1.29, 1.82) is 0 Å². The maximum Gasteiger partial charge on any atom is 0.192 e. The molecular weight excluding hydrogens is 480 g/mol. The van der Waals surface area contributed by atoms with Crippen LogP contribution in [0, 0.1) is 0 Å². The molecule has 2 aromatic carbocycles. The Hall–Kier alpha value is -1.96. The summed E-state index contributed by atoms with van der Waals surface area (Å²) in [5, 5.41) is 10.5. The Morgan fingerprint density at radius 2 is 1.62 bits per heavy atom. The number of aliphatic hydroxyl groups is 1.